The average Bonchev–Trinajstić information content (AvgIpc) is 1.94. The highest BCUT2D eigenvalue weighted by Crippen LogP contribution is 2.03. The Morgan fingerprint density at radius 3 is 3.00 bits per heavy atom. The summed E-state index contributed by atoms with van der Waals surface area (Å²) >= 11 is 2.33. The molecule has 2 nitrogen and oxygen atoms in total. The van der Waals surface area contributed by atoms with Crippen LogP contribution in [0.15, 0.2) is 0 Å². The van der Waals surface area contributed by atoms with Crippen LogP contribution >= 0.6 is 22.9 Å². The highest BCUT2D eigenvalue weighted by molar-refractivity contribution is 14.1. The molecule has 0 unspecified atom stereocenters. The van der Waals surface area contributed by atoms with E-state index in [2.05, 4.69) is 26.0 Å². The standard InChI is InChI=1S/C5H10INO/c6-7-2-1-4-8-5-3-7/h1-5H2. The number of hydrogen-bond acceptors (Lipinski definition) is 2. The van der Waals surface area contributed by atoms with Crippen LogP contribution in [0.3, 0.4) is 0 Å². The number of halogens is 1. The lowest BCUT2D eigenvalue weighted by Gasteiger charge is -2.06. The molecule has 0 N–H and O–H groups in total. The van der Waals surface area contributed by atoms with E-state index in [1.807, 2.05) is 0 Å². The predicted molar refractivity (Wildman–Crippen MR) is 41.0 cm³/mol. The number of nitrogens with zero attached hydrogens (tertiary/aromatic N) is 1. The van der Waals surface area contributed by atoms with Gasteiger partial charge in [0.15, 0.2) is 0 Å². The number of rotatable bonds is 0. The molecule has 1 aliphatic rings. The fourth-order valence-corrected chi connectivity index (χ4v) is 1.25. The second kappa shape index (κ2) is 3.63. The SMILES string of the molecule is IN1CCCOCC1. The first-order chi connectivity index (χ1) is 3.89. The second-order valence-corrected chi connectivity index (χ2v) is 3.24. The third-order valence-corrected chi connectivity index (χ3v) is 2.13. The molecule has 0 atom stereocenters. The van der Waals surface area contributed by atoms with Gasteiger partial charge in [0.1, 0.15) is 0 Å². The van der Waals surface area contributed by atoms with Crippen molar-refractivity contribution in [1.82, 2.24) is 3.11 Å². The van der Waals surface area contributed by atoms with Crippen molar-refractivity contribution in [2.75, 3.05) is 26.3 Å². The summed E-state index contributed by atoms with van der Waals surface area (Å²) < 4.78 is 7.49. The molecule has 0 radical (unpaired) electrons. The maximum atomic E-state index is 5.22. The van der Waals surface area contributed by atoms with E-state index < -0.39 is 0 Å². The number of hydrogen-bond donors (Lipinski definition) is 0. The molecule has 3 heteroatoms. The monoisotopic (exact) mass is 227 g/mol. The van der Waals surface area contributed by atoms with E-state index >= 15 is 0 Å². The zero-order chi connectivity index (χ0) is 5.82. The van der Waals surface area contributed by atoms with Crippen LogP contribution in [0.2, 0.25) is 0 Å². The van der Waals surface area contributed by atoms with E-state index in [4.69, 9.17) is 4.74 Å². The topological polar surface area (TPSA) is 12.5 Å². The highest BCUT2D eigenvalue weighted by atomic mass is 127. The van der Waals surface area contributed by atoms with Crippen LogP contribution in [0, 0.1) is 0 Å². The van der Waals surface area contributed by atoms with Crippen molar-refractivity contribution >= 4 is 22.9 Å². The summed E-state index contributed by atoms with van der Waals surface area (Å²) in [5, 5.41) is 0. The average molecular weight is 227 g/mol. The van der Waals surface area contributed by atoms with Gasteiger partial charge in [-0.2, -0.15) is 0 Å². The third kappa shape index (κ3) is 2.28. The zero-order valence-corrected chi connectivity index (χ0v) is 6.93. The first kappa shape index (κ1) is 6.77. The van der Waals surface area contributed by atoms with Gasteiger partial charge >= 0.3 is 0 Å². The van der Waals surface area contributed by atoms with Gasteiger partial charge in [-0.25, -0.2) is 3.11 Å². The van der Waals surface area contributed by atoms with Crippen molar-refractivity contribution in [1.29, 1.82) is 0 Å². The predicted octanol–water partition coefficient (Wildman–Crippen LogP) is 1.06. The van der Waals surface area contributed by atoms with Crippen LogP contribution in [0.1, 0.15) is 6.42 Å². The molecule has 1 fully saturated rings. The normalized spacial score (nSPS) is 25.1. The summed E-state index contributed by atoms with van der Waals surface area (Å²) in [5.41, 5.74) is 0. The Labute approximate surface area is 63.7 Å². The quantitative estimate of drug-likeness (QED) is 0.453. The Morgan fingerprint density at radius 2 is 2.12 bits per heavy atom. The van der Waals surface area contributed by atoms with Crippen LogP contribution in [-0.4, -0.2) is 29.4 Å². The van der Waals surface area contributed by atoms with E-state index in [0.717, 1.165) is 19.8 Å². The van der Waals surface area contributed by atoms with Crippen molar-refractivity contribution in [3.63, 3.8) is 0 Å². The van der Waals surface area contributed by atoms with Gasteiger partial charge in [0.25, 0.3) is 0 Å². The summed E-state index contributed by atoms with van der Waals surface area (Å²) in [4.78, 5) is 0. The lowest BCUT2D eigenvalue weighted by molar-refractivity contribution is 0.149. The van der Waals surface area contributed by atoms with E-state index in [1.165, 1.54) is 13.0 Å². The Morgan fingerprint density at radius 1 is 1.25 bits per heavy atom. The molecule has 8 heavy (non-hydrogen) atoms. The molecule has 0 bridgehead atoms. The van der Waals surface area contributed by atoms with Gasteiger partial charge in [0, 0.05) is 42.6 Å². The molecule has 1 saturated heterocycles. The molecule has 1 rings (SSSR count). The van der Waals surface area contributed by atoms with Crippen molar-refractivity contribution in [3.05, 3.63) is 0 Å². The van der Waals surface area contributed by atoms with Crippen LogP contribution in [-0.2, 0) is 4.74 Å². The molecular weight excluding hydrogens is 217 g/mol. The molecule has 0 spiro atoms. The van der Waals surface area contributed by atoms with Gasteiger partial charge < -0.3 is 4.74 Å². The Kier molecular flexibility index (Phi) is 3.07. The second-order valence-electron chi connectivity index (χ2n) is 1.88. The molecule has 0 aromatic carbocycles. The van der Waals surface area contributed by atoms with Crippen molar-refractivity contribution < 1.29 is 4.74 Å². The lowest BCUT2D eigenvalue weighted by Crippen LogP contribution is -2.13. The summed E-state index contributed by atoms with van der Waals surface area (Å²) in [6, 6.07) is 0. The van der Waals surface area contributed by atoms with Crippen molar-refractivity contribution in [2.24, 2.45) is 0 Å². The smallest absolute Gasteiger partial charge is 0.0601 e. The molecular formula is C5H10INO. The van der Waals surface area contributed by atoms with Crippen molar-refractivity contribution in [2.45, 2.75) is 6.42 Å². The van der Waals surface area contributed by atoms with Gasteiger partial charge in [-0.3, -0.25) is 0 Å². The first-order valence-electron chi connectivity index (χ1n) is 2.88. The van der Waals surface area contributed by atoms with Crippen molar-refractivity contribution in [3.8, 4) is 0 Å². The summed E-state index contributed by atoms with van der Waals surface area (Å²) in [6.07, 6.45) is 1.18. The maximum Gasteiger partial charge on any atom is 0.0601 e. The summed E-state index contributed by atoms with van der Waals surface area (Å²) in [7, 11) is 0. The first-order valence-corrected chi connectivity index (χ1v) is 3.84. The maximum absolute atomic E-state index is 5.22. The molecule has 48 valence electrons. The largest absolute Gasteiger partial charge is 0.380 e. The van der Waals surface area contributed by atoms with E-state index in [-0.39, 0.29) is 0 Å². The van der Waals surface area contributed by atoms with Gasteiger partial charge in [-0.1, -0.05) is 0 Å². The minimum atomic E-state index is 0.906. The molecule has 1 heterocycles. The van der Waals surface area contributed by atoms with Gasteiger partial charge in [0.2, 0.25) is 0 Å². The summed E-state index contributed by atoms with van der Waals surface area (Å²) in [5.74, 6) is 0. The van der Waals surface area contributed by atoms with E-state index in [1.54, 1.807) is 0 Å². The van der Waals surface area contributed by atoms with Gasteiger partial charge in [-0.15, -0.1) is 0 Å². The molecule has 0 aromatic rings. The molecule has 0 aromatic heterocycles. The van der Waals surface area contributed by atoms with Crippen LogP contribution in [0.4, 0.5) is 0 Å². The minimum absolute atomic E-state index is 0.906. The van der Waals surface area contributed by atoms with Gasteiger partial charge in [-0.05, 0) is 6.42 Å². The van der Waals surface area contributed by atoms with E-state index in [9.17, 15) is 0 Å². The lowest BCUT2D eigenvalue weighted by atomic mass is 10.5. The van der Waals surface area contributed by atoms with Crippen LogP contribution in [0.25, 0.3) is 0 Å². The summed E-state index contributed by atoms with van der Waals surface area (Å²) in [6.45, 7) is 4.11. The van der Waals surface area contributed by atoms with Crippen LogP contribution < -0.4 is 0 Å². The minimum Gasteiger partial charge on any atom is -0.380 e. The Hall–Kier alpha value is 0.650. The van der Waals surface area contributed by atoms with E-state index in [0.29, 0.717) is 0 Å². The third-order valence-electron chi connectivity index (χ3n) is 1.17. The Balaban J connectivity index is 2.17. The van der Waals surface area contributed by atoms with Crippen LogP contribution in [0.5, 0.6) is 0 Å². The fraction of sp³-hybridized carbons (Fsp3) is 1.00. The highest BCUT2D eigenvalue weighted by Gasteiger charge is 2.03. The molecule has 0 saturated carbocycles. The van der Waals surface area contributed by atoms with Gasteiger partial charge in [0.05, 0.1) is 6.61 Å². The zero-order valence-electron chi connectivity index (χ0n) is 4.77. The fourth-order valence-electron chi connectivity index (χ4n) is 0.716. The Bertz CT molecular complexity index is 61.4. The molecule has 0 aliphatic carbocycles. The molecule has 1 aliphatic heterocycles. The molecule has 0 amide bonds. The number of ether oxygens (including phenoxy) is 1.